The molecule has 1 N–H and O–H groups in total. The van der Waals surface area contributed by atoms with E-state index in [0.717, 1.165) is 31.0 Å². The van der Waals surface area contributed by atoms with E-state index >= 15 is 0 Å². The third kappa shape index (κ3) is 3.55. The Morgan fingerprint density at radius 1 is 1.38 bits per heavy atom. The van der Waals surface area contributed by atoms with Gasteiger partial charge >= 0.3 is 0 Å². The molecule has 0 aliphatic heterocycles. The maximum atomic E-state index is 6.09. The van der Waals surface area contributed by atoms with Crippen molar-refractivity contribution in [3.63, 3.8) is 0 Å². The van der Waals surface area contributed by atoms with Gasteiger partial charge in [0.05, 0.1) is 6.54 Å². The van der Waals surface area contributed by atoms with Gasteiger partial charge in [-0.05, 0) is 32.9 Å². The van der Waals surface area contributed by atoms with Crippen molar-refractivity contribution in [3.05, 3.63) is 47.7 Å². The Balaban J connectivity index is 1.84. The van der Waals surface area contributed by atoms with Crippen LogP contribution in [0.5, 0.6) is 0 Å². The number of rotatable bonds is 7. The molecule has 1 aromatic carbocycles. The summed E-state index contributed by atoms with van der Waals surface area (Å²) in [7, 11) is 2.11. The van der Waals surface area contributed by atoms with Crippen molar-refractivity contribution in [2.75, 3.05) is 13.6 Å². The van der Waals surface area contributed by atoms with Gasteiger partial charge in [-0.3, -0.25) is 4.90 Å². The molecule has 1 aliphatic rings. The Kier molecular flexibility index (Phi) is 4.13. The highest BCUT2D eigenvalue weighted by molar-refractivity contribution is 5.82. The first kappa shape index (κ1) is 14.4. The maximum absolute atomic E-state index is 6.09. The second-order valence-electron chi connectivity index (χ2n) is 6.28. The van der Waals surface area contributed by atoms with Gasteiger partial charge in [-0.15, -0.1) is 0 Å². The molecule has 0 amide bonds. The summed E-state index contributed by atoms with van der Waals surface area (Å²) in [6.45, 7) is 8.66. The molecule has 0 unspecified atom stereocenters. The van der Waals surface area contributed by atoms with E-state index in [1.165, 1.54) is 29.4 Å². The van der Waals surface area contributed by atoms with Crippen molar-refractivity contribution in [1.82, 2.24) is 10.2 Å². The normalized spacial score (nSPS) is 15.0. The van der Waals surface area contributed by atoms with Crippen molar-refractivity contribution in [2.24, 2.45) is 0 Å². The summed E-state index contributed by atoms with van der Waals surface area (Å²) in [6.07, 6.45) is 2.61. The Bertz CT molecular complexity index is 640. The van der Waals surface area contributed by atoms with Gasteiger partial charge in [0, 0.05) is 30.1 Å². The molecule has 0 spiro atoms. The van der Waals surface area contributed by atoms with Gasteiger partial charge in [-0.2, -0.15) is 0 Å². The lowest BCUT2D eigenvalue weighted by Crippen LogP contribution is -2.21. The van der Waals surface area contributed by atoms with Crippen LogP contribution >= 0.6 is 0 Å². The first-order valence-electron chi connectivity index (χ1n) is 7.69. The number of nitrogens with zero attached hydrogens (tertiary/aromatic N) is 1. The molecule has 2 aromatic rings. The minimum absolute atomic E-state index is 0.708. The van der Waals surface area contributed by atoms with Gasteiger partial charge < -0.3 is 9.73 Å². The second kappa shape index (κ2) is 6.04. The van der Waals surface area contributed by atoms with E-state index < -0.39 is 0 Å². The Morgan fingerprint density at radius 2 is 2.14 bits per heavy atom. The Hall–Kier alpha value is -1.58. The standard InChI is InChI=1S/C18H24N2O/c1-13(2)11-20(3)12-18-16(10-19-14-8-9-14)15-6-4-5-7-17(15)21-18/h4-7,14,19H,1,8-12H2,2-3H3. The van der Waals surface area contributed by atoms with Crippen molar-refractivity contribution in [1.29, 1.82) is 0 Å². The van der Waals surface area contributed by atoms with Crippen molar-refractivity contribution in [2.45, 2.75) is 38.9 Å². The van der Waals surface area contributed by atoms with E-state index in [9.17, 15) is 0 Å². The minimum atomic E-state index is 0.708. The summed E-state index contributed by atoms with van der Waals surface area (Å²) < 4.78 is 6.09. The summed E-state index contributed by atoms with van der Waals surface area (Å²) in [5.41, 5.74) is 3.47. The second-order valence-corrected chi connectivity index (χ2v) is 6.28. The lowest BCUT2D eigenvalue weighted by molar-refractivity contribution is 0.319. The molecular weight excluding hydrogens is 260 g/mol. The molecule has 1 aromatic heterocycles. The maximum Gasteiger partial charge on any atom is 0.134 e. The van der Waals surface area contributed by atoms with Crippen LogP contribution in [-0.4, -0.2) is 24.5 Å². The quantitative estimate of drug-likeness (QED) is 0.786. The molecule has 1 heterocycles. The molecule has 3 rings (SSSR count). The zero-order chi connectivity index (χ0) is 14.8. The molecule has 1 saturated carbocycles. The highest BCUT2D eigenvalue weighted by atomic mass is 16.3. The van der Waals surface area contributed by atoms with E-state index in [0.29, 0.717) is 6.04 Å². The van der Waals surface area contributed by atoms with Crippen LogP contribution in [0.2, 0.25) is 0 Å². The SMILES string of the molecule is C=C(C)CN(C)Cc1oc2ccccc2c1CNC1CC1. The van der Waals surface area contributed by atoms with Gasteiger partial charge in [0.1, 0.15) is 11.3 Å². The smallest absolute Gasteiger partial charge is 0.134 e. The molecule has 21 heavy (non-hydrogen) atoms. The molecule has 1 fully saturated rings. The lowest BCUT2D eigenvalue weighted by atomic mass is 10.1. The van der Waals surface area contributed by atoms with E-state index in [2.05, 4.69) is 49.0 Å². The van der Waals surface area contributed by atoms with Crippen LogP contribution in [0.15, 0.2) is 40.8 Å². The molecule has 112 valence electrons. The van der Waals surface area contributed by atoms with Gasteiger partial charge in [-0.25, -0.2) is 0 Å². The molecule has 3 nitrogen and oxygen atoms in total. The monoisotopic (exact) mass is 284 g/mol. The lowest BCUT2D eigenvalue weighted by Gasteiger charge is -2.16. The van der Waals surface area contributed by atoms with Crippen molar-refractivity contribution >= 4 is 11.0 Å². The summed E-state index contributed by atoms with van der Waals surface area (Å²) in [5, 5.41) is 4.85. The fourth-order valence-corrected chi connectivity index (χ4v) is 2.77. The number of hydrogen-bond acceptors (Lipinski definition) is 3. The first-order chi connectivity index (χ1) is 10.1. The average molecular weight is 284 g/mol. The zero-order valence-electron chi connectivity index (χ0n) is 13.0. The van der Waals surface area contributed by atoms with Gasteiger partial charge in [0.25, 0.3) is 0 Å². The molecule has 0 bridgehead atoms. The van der Waals surface area contributed by atoms with E-state index in [1.54, 1.807) is 0 Å². The highest BCUT2D eigenvalue weighted by Crippen LogP contribution is 2.28. The Labute approximate surface area is 126 Å². The molecule has 0 radical (unpaired) electrons. The van der Waals surface area contributed by atoms with Crippen LogP contribution < -0.4 is 5.32 Å². The summed E-state index contributed by atoms with van der Waals surface area (Å²) in [4.78, 5) is 2.25. The third-order valence-electron chi connectivity index (χ3n) is 3.88. The average Bonchev–Trinajstić information content (AvgIpc) is 3.18. The van der Waals surface area contributed by atoms with Crippen LogP contribution in [0.25, 0.3) is 11.0 Å². The van der Waals surface area contributed by atoms with Crippen LogP contribution in [0, 0.1) is 0 Å². The third-order valence-corrected chi connectivity index (χ3v) is 3.88. The molecule has 3 heteroatoms. The summed E-state index contributed by atoms with van der Waals surface area (Å²) in [5.74, 6) is 1.08. The minimum Gasteiger partial charge on any atom is -0.459 e. The molecular formula is C18H24N2O. The number of para-hydroxylation sites is 1. The summed E-state index contributed by atoms with van der Waals surface area (Å²) >= 11 is 0. The van der Waals surface area contributed by atoms with E-state index in [-0.39, 0.29) is 0 Å². The molecule has 1 aliphatic carbocycles. The van der Waals surface area contributed by atoms with Crippen LogP contribution in [0.4, 0.5) is 0 Å². The predicted octanol–water partition coefficient (Wildman–Crippen LogP) is 3.69. The van der Waals surface area contributed by atoms with Crippen molar-refractivity contribution < 1.29 is 4.42 Å². The fourth-order valence-electron chi connectivity index (χ4n) is 2.77. The Morgan fingerprint density at radius 3 is 2.86 bits per heavy atom. The van der Waals surface area contributed by atoms with Gasteiger partial charge in [-0.1, -0.05) is 30.4 Å². The number of furan rings is 1. The molecule has 0 atom stereocenters. The number of fused-ring (bicyclic) bond motifs is 1. The van der Waals surface area contributed by atoms with E-state index in [1.807, 2.05) is 6.07 Å². The number of benzene rings is 1. The van der Waals surface area contributed by atoms with Crippen LogP contribution in [-0.2, 0) is 13.1 Å². The van der Waals surface area contributed by atoms with E-state index in [4.69, 9.17) is 4.42 Å². The fraction of sp³-hybridized carbons (Fsp3) is 0.444. The topological polar surface area (TPSA) is 28.4 Å². The largest absolute Gasteiger partial charge is 0.459 e. The van der Waals surface area contributed by atoms with Gasteiger partial charge in [0.2, 0.25) is 0 Å². The number of nitrogens with one attached hydrogen (secondary N) is 1. The zero-order valence-corrected chi connectivity index (χ0v) is 13.0. The first-order valence-corrected chi connectivity index (χ1v) is 7.69. The number of hydrogen-bond donors (Lipinski definition) is 1. The van der Waals surface area contributed by atoms with Crippen LogP contribution in [0.3, 0.4) is 0 Å². The summed E-state index contributed by atoms with van der Waals surface area (Å²) in [6, 6.07) is 9.04. The number of likely N-dealkylation sites (N-methyl/N-ethyl adjacent to an activating group) is 1. The van der Waals surface area contributed by atoms with Crippen LogP contribution in [0.1, 0.15) is 31.1 Å². The predicted molar refractivity (Wildman–Crippen MR) is 87.2 cm³/mol. The van der Waals surface area contributed by atoms with Crippen molar-refractivity contribution in [3.8, 4) is 0 Å². The molecule has 0 saturated heterocycles. The van der Waals surface area contributed by atoms with Gasteiger partial charge in [0.15, 0.2) is 0 Å². The highest BCUT2D eigenvalue weighted by Gasteiger charge is 2.22.